The molecule has 3 heteroatoms. The summed E-state index contributed by atoms with van der Waals surface area (Å²) in [6.07, 6.45) is 0. The van der Waals surface area contributed by atoms with Crippen LogP contribution < -0.4 is 4.40 Å². The third-order valence-electron chi connectivity index (χ3n) is 7.21. The van der Waals surface area contributed by atoms with E-state index in [1.165, 1.54) is 69.0 Å². The molecule has 0 bridgehead atoms. The quantitative estimate of drug-likeness (QED) is 0.103. The van der Waals surface area contributed by atoms with Crippen molar-refractivity contribution < 1.29 is 4.40 Å². The van der Waals surface area contributed by atoms with Crippen LogP contribution in [-0.4, -0.2) is 4.57 Å². The number of nitrogens with zero attached hydrogens (tertiary/aromatic N) is 2. The number of hydrogen-bond acceptors (Lipinski definition) is 0. The Hall–Kier alpha value is -3.44. The lowest BCUT2D eigenvalue weighted by molar-refractivity contribution is -0.450. The summed E-state index contributed by atoms with van der Waals surface area (Å²) in [5.74, 6) is 0. The Morgan fingerprint density at radius 2 is 1.00 bits per heavy atom. The molecule has 34 heavy (non-hydrogen) atoms. The van der Waals surface area contributed by atoms with Gasteiger partial charge in [0, 0.05) is 38.7 Å². The van der Waals surface area contributed by atoms with Crippen LogP contribution in [0.5, 0.6) is 0 Å². The molecule has 0 spiro atoms. The number of pyridine rings is 1. The molecule has 2 nitrogen and oxygen atoms in total. The second-order valence-electron chi connectivity index (χ2n) is 9.05. The fraction of sp³-hybridized carbons (Fsp3) is 0.0645. The molecule has 0 N–H and O–H groups in total. The Labute approximate surface area is 210 Å². The van der Waals surface area contributed by atoms with Crippen molar-refractivity contribution >= 4 is 82.4 Å². The zero-order valence-electron chi connectivity index (χ0n) is 19.0. The summed E-state index contributed by atoms with van der Waals surface area (Å²) in [7, 11) is 2.18. The first-order valence-electron chi connectivity index (χ1n) is 11.6. The van der Waals surface area contributed by atoms with Gasteiger partial charge < -0.3 is 0 Å². The van der Waals surface area contributed by atoms with Gasteiger partial charge >= 0.3 is 0 Å². The van der Waals surface area contributed by atoms with Crippen LogP contribution in [0.15, 0.2) is 97.1 Å². The first kappa shape index (κ1) is 20.0. The molecule has 0 aliphatic rings. The molecule has 0 radical (unpaired) electrons. The molecule has 0 fully saturated rings. The number of aryl methyl sites for hydroxylation is 2. The van der Waals surface area contributed by atoms with Crippen LogP contribution in [0, 0.1) is 10.6 Å². The monoisotopic (exact) mass is 549 g/mol. The summed E-state index contributed by atoms with van der Waals surface area (Å²) in [6, 6.07) is 35.7. The van der Waals surface area contributed by atoms with Crippen molar-refractivity contribution in [1.29, 1.82) is 0 Å². The van der Waals surface area contributed by atoms with Crippen molar-refractivity contribution in [2.24, 2.45) is 7.05 Å². The van der Waals surface area contributed by atoms with Crippen molar-refractivity contribution in [3.63, 3.8) is 0 Å². The second kappa shape index (κ2) is 7.28. The van der Waals surface area contributed by atoms with E-state index in [0.29, 0.717) is 0 Å². The largest absolute Gasteiger partial charge is 0.295 e. The molecule has 7 aromatic rings. The summed E-state index contributed by atoms with van der Waals surface area (Å²) >= 11 is 2.44. The van der Waals surface area contributed by atoms with Crippen LogP contribution in [0.2, 0.25) is 0 Å². The number of rotatable bonds is 0. The number of benzene rings is 4. The summed E-state index contributed by atoms with van der Waals surface area (Å²) < 4.78 is 6.05. The standard InChI is InChI=1S/C31H22IN2/c1-19-9-7-14-24-22-12-5-3-10-20(22)21-11-4-6-13-23(21)25-15-8-16-26-27-17-18-28(32)33(2)31(27)34(29(19)24)30(25)26/h3-18H,1-2H3/q+1. The lowest BCUT2D eigenvalue weighted by atomic mass is 10.0. The Morgan fingerprint density at radius 3 is 1.62 bits per heavy atom. The molecule has 0 aliphatic heterocycles. The van der Waals surface area contributed by atoms with Crippen LogP contribution in [-0.2, 0) is 7.05 Å². The molecular weight excluding hydrogens is 527 g/mol. The van der Waals surface area contributed by atoms with Gasteiger partial charge in [-0.3, -0.25) is 0 Å². The van der Waals surface area contributed by atoms with E-state index in [1.54, 1.807) is 0 Å². The molecule has 7 rings (SSSR count). The van der Waals surface area contributed by atoms with Crippen molar-refractivity contribution in [2.75, 3.05) is 0 Å². The van der Waals surface area contributed by atoms with Gasteiger partial charge in [-0.15, -0.1) is 0 Å². The fourth-order valence-electron chi connectivity index (χ4n) is 5.72. The van der Waals surface area contributed by atoms with Crippen LogP contribution in [0.25, 0.3) is 59.8 Å². The molecular formula is C31H22IN2+. The molecule has 162 valence electrons. The topological polar surface area (TPSA) is 9.03 Å². The van der Waals surface area contributed by atoms with E-state index in [1.807, 2.05) is 0 Å². The van der Waals surface area contributed by atoms with Gasteiger partial charge in [0.05, 0.1) is 12.4 Å². The van der Waals surface area contributed by atoms with Gasteiger partial charge in [0.25, 0.3) is 5.65 Å². The summed E-state index contributed by atoms with van der Waals surface area (Å²) in [6.45, 7) is 2.24. The highest BCUT2D eigenvalue weighted by Gasteiger charge is 2.23. The minimum Gasteiger partial charge on any atom is -0.224 e. The van der Waals surface area contributed by atoms with E-state index in [0.717, 1.165) is 0 Å². The molecule has 0 amide bonds. The predicted octanol–water partition coefficient (Wildman–Crippen LogP) is 8.01. The second-order valence-corrected chi connectivity index (χ2v) is 10.2. The molecule has 0 saturated carbocycles. The van der Waals surface area contributed by atoms with E-state index in [-0.39, 0.29) is 0 Å². The van der Waals surface area contributed by atoms with E-state index < -0.39 is 0 Å². The normalized spacial score (nSPS) is 12.0. The van der Waals surface area contributed by atoms with Gasteiger partial charge in [-0.2, -0.15) is 4.40 Å². The van der Waals surface area contributed by atoms with Crippen molar-refractivity contribution in [1.82, 2.24) is 4.57 Å². The SMILES string of the molecule is Cc1cccc2c3ccccc3c3ccccc3c3cccc4c5ccc(I)n(C)c5[n+](c12)c34. The number of halogens is 1. The van der Waals surface area contributed by atoms with Crippen molar-refractivity contribution in [3.05, 3.63) is 106 Å². The first-order valence-corrected chi connectivity index (χ1v) is 12.6. The van der Waals surface area contributed by atoms with Gasteiger partial charge in [-0.05, 0) is 52.2 Å². The van der Waals surface area contributed by atoms with Crippen LogP contribution >= 0.6 is 22.6 Å². The molecule has 0 atom stereocenters. The zero-order chi connectivity index (χ0) is 23.0. The Morgan fingerprint density at radius 1 is 0.529 bits per heavy atom. The molecule has 0 aliphatic carbocycles. The Balaban J connectivity index is 2.06. The molecule has 4 aromatic carbocycles. The third-order valence-corrected chi connectivity index (χ3v) is 8.30. The number of fused-ring (bicyclic) bond motifs is 10. The summed E-state index contributed by atoms with van der Waals surface area (Å²) in [5.41, 5.74) is 5.02. The van der Waals surface area contributed by atoms with Gasteiger partial charge in [0.2, 0.25) is 0 Å². The molecule has 3 aromatic heterocycles. The van der Waals surface area contributed by atoms with Crippen molar-refractivity contribution in [2.45, 2.75) is 6.92 Å². The minimum absolute atomic E-state index is 1.21. The van der Waals surface area contributed by atoms with Gasteiger partial charge in [0.1, 0.15) is 11.0 Å². The van der Waals surface area contributed by atoms with E-state index in [4.69, 9.17) is 0 Å². The van der Waals surface area contributed by atoms with E-state index >= 15 is 0 Å². The smallest absolute Gasteiger partial charge is 0.224 e. The van der Waals surface area contributed by atoms with Crippen LogP contribution in [0.3, 0.4) is 0 Å². The molecule has 0 saturated heterocycles. The maximum absolute atomic E-state index is 2.52. The maximum Gasteiger partial charge on any atom is 0.295 e. The fourth-order valence-corrected chi connectivity index (χ4v) is 6.13. The zero-order valence-corrected chi connectivity index (χ0v) is 21.2. The average Bonchev–Trinajstić information content (AvgIpc) is 3.22. The molecule has 0 unspecified atom stereocenters. The van der Waals surface area contributed by atoms with Gasteiger partial charge in [-0.1, -0.05) is 78.9 Å². The van der Waals surface area contributed by atoms with Crippen LogP contribution in [0.1, 0.15) is 5.56 Å². The average molecular weight is 549 g/mol. The number of hydrogen-bond donors (Lipinski definition) is 0. The van der Waals surface area contributed by atoms with E-state index in [9.17, 15) is 0 Å². The molecule has 3 heterocycles. The summed E-state index contributed by atoms with van der Waals surface area (Å²) in [4.78, 5) is 0. The lowest BCUT2D eigenvalue weighted by Crippen LogP contribution is -2.24. The van der Waals surface area contributed by atoms with Crippen LogP contribution in [0.4, 0.5) is 0 Å². The van der Waals surface area contributed by atoms with Crippen molar-refractivity contribution in [3.8, 4) is 0 Å². The maximum atomic E-state index is 2.52. The predicted molar refractivity (Wildman–Crippen MR) is 152 cm³/mol. The minimum atomic E-state index is 1.21. The van der Waals surface area contributed by atoms with Gasteiger partial charge in [-0.25, -0.2) is 4.57 Å². The van der Waals surface area contributed by atoms with Gasteiger partial charge in [0.15, 0.2) is 3.70 Å². The highest BCUT2D eigenvalue weighted by molar-refractivity contribution is 14.1. The first-order chi connectivity index (χ1) is 16.6. The number of aromatic nitrogens is 2. The Kier molecular flexibility index (Phi) is 4.28. The lowest BCUT2D eigenvalue weighted by Gasteiger charge is -2.04. The highest BCUT2D eigenvalue weighted by Crippen LogP contribution is 2.35. The third kappa shape index (κ3) is 2.59. The number of para-hydroxylation sites is 2. The summed E-state index contributed by atoms with van der Waals surface area (Å²) in [5, 5.41) is 10.2. The Bertz CT molecular complexity index is 2000. The van der Waals surface area contributed by atoms with E-state index in [2.05, 4.69) is 143 Å². The highest BCUT2D eigenvalue weighted by atomic mass is 127.